The summed E-state index contributed by atoms with van der Waals surface area (Å²) >= 11 is 0. The van der Waals surface area contributed by atoms with Gasteiger partial charge in [0, 0.05) is 6.54 Å². The third kappa shape index (κ3) is 5.54. The van der Waals surface area contributed by atoms with Gasteiger partial charge in [-0.15, -0.1) is 0 Å². The molecule has 0 saturated carbocycles. The molecule has 0 aromatic heterocycles. The van der Waals surface area contributed by atoms with Crippen molar-refractivity contribution in [2.75, 3.05) is 20.2 Å². The molecule has 0 bridgehead atoms. The SMILES string of the molecule is CCCCN(CCCC)Cc1ccc(OC)cc1. The normalized spacial score (nSPS) is 10.9. The Hall–Kier alpha value is -1.02. The lowest BCUT2D eigenvalue weighted by molar-refractivity contribution is 0.257. The minimum Gasteiger partial charge on any atom is -0.497 e. The van der Waals surface area contributed by atoms with Crippen molar-refractivity contribution in [3.63, 3.8) is 0 Å². The number of hydrogen-bond donors (Lipinski definition) is 0. The number of methoxy groups -OCH3 is 1. The van der Waals surface area contributed by atoms with Crippen molar-refractivity contribution in [2.24, 2.45) is 0 Å². The molecule has 1 aromatic rings. The summed E-state index contributed by atoms with van der Waals surface area (Å²) in [5.74, 6) is 0.937. The summed E-state index contributed by atoms with van der Waals surface area (Å²) in [5.41, 5.74) is 1.38. The van der Waals surface area contributed by atoms with Crippen LogP contribution in [-0.2, 0) is 6.54 Å². The number of hydrogen-bond acceptors (Lipinski definition) is 2. The highest BCUT2D eigenvalue weighted by molar-refractivity contribution is 5.27. The van der Waals surface area contributed by atoms with Crippen molar-refractivity contribution in [1.29, 1.82) is 0 Å². The van der Waals surface area contributed by atoms with Gasteiger partial charge in [-0.2, -0.15) is 0 Å². The smallest absolute Gasteiger partial charge is 0.118 e. The van der Waals surface area contributed by atoms with Gasteiger partial charge in [0.25, 0.3) is 0 Å². The van der Waals surface area contributed by atoms with Gasteiger partial charge in [0.05, 0.1) is 7.11 Å². The molecule has 1 rings (SSSR count). The molecule has 0 aliphatic rings. The van der Waals surface area contributed by atoms with Crippen LogP contribution in [0.15, 0.2) is 24.3 Å². The van der Waals surface area contributed by atoms with Gasteiger partial charge in [-0.1, -0.05) is 38.8 Å². The monoisotopic (exact) mass is 249 g/mol. The van der Waals surface area contributed by atoms with Crippen LogP contribution in [0, 0.1) is 0 Å². The lowest BCUT2D eigenvalue weighted by Crippen LogP contribution is -2.25. The Bertz CT molecular complexity index is 299. The highest BCUT2D eigenvalue weighted by atomic mass is 16.5. The van der Waals surface area contributed by atoms with Gasteiger partial charge in [-0.3, -0.25) is 4.90 Å². The van der Waals surface area contributed by atoms with E-state index in [1.807, 2.05) is 12.1 Å². The van der Waals surface area contributed by atoms with Crippen molar-refractivity contribution in [3.8, 4) is 5.75 Å². The summed E-state index contributed by atoms with van der Waals surface area (Å²) < 4.78 is 5.19. The van der Waals surface area contributed by atoms with Crippen LogP contribution in [0.5, 0.6) is 5.75 Å². The molecule has 0 N–H and O–H groups in total. The molecule has 0 heterocycles. The first-order valence-electron chi connectivity index (χ1n) is 7.15. The van der Waals surface area contributed by atoms with Crippen LogP contribution in [0.3, 0.4) is 0 Å². The molecule has 18 heavy (non-hydrogen) atoms. The van der Waals surface area contributed by atoms with Gasteiger partial charge < -0.3 is 4.74 Å². The predicted octanol–water partition coefficient (Wildman–Crippen LogP) is 4.10. The molecule has 0 radical (unpaired) electrons. The minimum absolute atomic E-state index is 0.937. The van der Waals surface area contributed by atoms with E-state index in [1.165, 1.54) is 44.3 Å². The number of benzene rings is 1. The lowest BCUT2D eigenvalue weighted by Gasteiger charge is -2.22. The number of nitrogens with zero attached hydrogens (tertiary/aromatic N) is 1. The largest absolute Gasteiger partial charge is 0.497 e. The summed E-state index contributed by atoms with van der Waals surface area (Å²) in [6, 6.07) is 8.44. The topological polar surface area (TPSA) is 12.5 Å². The van der Waals surface area contributed by atoms with E-state index in [4.69, 9.17) is 4.74 Å². The maximum Gasteiger partial charge on any atom is 0.118 e. The van der Waals surface area contributed by atoms with E-state index < -0.39 is 0 Å². The van der Waals surface area contributed by atoms with Gasteiger partial charge in [-0.25, -0.2) is 0 Å². The Morgan fingerprint density at radius 1 is 0.944 bits per heavy atom. The van der Waals surface area contributed by atoms with Gasteiger partial charge in [0.15, 0.2) is 0 Å². The molecule has 0 spiro atoms. The fraction of sp³-hybridized carbons (Fsp3) is 0.625. The fourth-order valence-electron chi connectivity index (χ4n) is 2.02. The molecule has 0 atom stereocenters. The summed E-state index contributed by atoms with van der Waals surface area (Å²) in [5, 5.41) is 0. The summed E-state index contributed by atoms with van der Waals surface area (Å²) in [6.07, 6.45) is 5.12. The van der Waals surface area contributed by atoms with Crippen LogP contribution in [-0.4, -0.2) is 25.1 Å². The standard InChI is InChI=1S/C16H27NO/c1-4-6-12-17(13-7-5-2)14-15-8-10-16(18-3)11-9-15/h8-11H,4-7,12-14H2,1-3H3. The Balaban J connectivity index is 2.51. The van der Waals surface area contributed by atoms with Crippen molar-refractivity contribution in [3.05, 3.63) is 29.8 Å². The van der Waals surface area contributed by atoms with Crippen LogP contribution in [0.1, 0.15) is 45.1 Å². The highest BCUT2D eigenvalue weighted by Crippen LogP contribution is 2.13. The molecular formula is C16H27NO. The quantitative estimate of drug-likeness (QED) is 0.653. The van der Waals surface area contributed by atoms with Crippen LogP contribution in [0.2, 0.25) is 0 Å². The van der Waals surface area contributed by atoms with Crippen molar-refractivity contribution in [1.82, 2.24) is 4.90 Å². The molecule has 0 amide bonds. The Kier molecular flexibility index (Phi) is 7.51. The van der Waals surface area contributed by atoms with Gasteiger partial charge in [-0.05, 0) is 43.6 Å². The molecule has 0 fully saturated rings. The van der Waals surface area contributed by atoms with Crippen molar-refractivity contribution < 1.29 is 4.74 Å². The van der Waals surface area contributed by atoms with Crippen LogP contribution < -0.4 is 4.74 Å². The molecule has 1 aromatic carbocycles. The second-order valence-corrected chi connectivity index (χ2v) is 4.83. The summed E-state index contributed by atoms with van der Waals surface area (Å²) in [6.45, 7) is 7.99. The first-order chi connectivity index (χ1) is 8.80. The lowest BCUT2D eigenvalue weighted by atomic mass is 10.2. The number of unbranched alkanes of at least 4 members (excludes halogenated alkanes) is 2. The third-order valence-corrected chi connectivity index (χ3v) is 3.22. The molecule has 102 valence electrons. The fourth-order valence-corrected chi connectivity index (χ4v) is 2.02. The van der Waals surface area contributed by atoms with Gasteiger partial charge >= 0.3 is 0 Å². The second kappa shape index (κ2) is 8.98. The Morgan fingerprint density at radius 3 is 1.94 bits per heavy atom. The number of rotatable bonds is 9. The molecule has 0 aliphatic carbocycles. The average molecular weight is 249 g/mol. The van der Waals surface area contributed by atoms with E-state index in [2.05, 4.69) is 30.9 Å². The van der Waals surface area contributed by atoms with E-state index >= 15 is 0 Å². The Labute approximate surface area is 112 Å². The predicted molar refractivity (Wildman–Crippen MR) is 78.1 cm³/mol. The van der Waals surface area contributed by atoms with E-state index in [0.717, 1.165) is 12.3 Å². The summed E-state index contributed by atoms with van der Waals surface area (Å²) in [7, 11) is 1.71. The van der Waals surface area contributed by atoms with Crippen molar-refractivity contribution >= 4 is 0 Å². The molecule has 2 nitrogen and oxygen atoms in total. The van der Waals surface area contributed by atoms with Crippen LogP contribution in [0.4, 0.5) is 0 Å². The zero-order valence-corrected chi connectivity index (χ0v) is 12.1. The van der Waals surface area contributed by atoms with Gasteiger partial charge in [0.2, 0.25) is 0 Å². The molecular weight excluding hydrogens is 222 g/mol. The Morgan fingerprint density at radius 2 is 1.50 bits per heavy atom. The van der Waals surface area contributed by atoms with Crippen LogP contribution in [0.25, 0.3) is 0 Å². The number of ether oxygens (including phenoxy) is 1. The first-order valence-corrected chi connectivity index (χ1v) is 7.15. The van der Waals surface area contributed by atoms with Crippen molar-refractivity contribution in [2.45, 2.75) is 46.1 Å². The zero-order chi connectivity index (χ0) is 13.2. The summed E-state index contributed by atoms with van der Waals surface area (Å²) in [4.78, 5) is 2.56. The van der Waals surface area contributed by atoms with E-state index in [1.54, 1.807) is 7.11 Å². The van der Waals surface area contributed by atoms with E-state index in [-0.39, 0.29) is 0 Å². The maximum absolute atomic E-state index is 5.19. The average Bonchev–Trinajstić information content (AvgIpc) is 2.42. The second-order valence-electron chi connectivity index (χ2n) is 4.83. The highest BCUT2D eigenvalue weighted by Gasteiger charge is 2.05. The van der Waals surface area contributed by atoms with E-state index in [9.17, 15) is 0 Å². The molecule has 2 heteroatoms. The maximum atomic E-state index is 5.19. The van der Waals surface area contributed by atoms with Crippen LogP contribution >= 0.6 is 0 Å². The molecule has 0 saturated heterocycles. The molecule has 0 aliphatic heterocycles. The molecule has 0 unspecified atom stereocenters. The minimum atomic E-state index is 0.937. The zero-order valence-electron chi connectivity index (χ0n) is 12.1. The third-order valence-electron chi connectivity index (χ3n) is 3.22. The first kappa shape index (κ1) is 15.0. The van der Waals surface area contributed by atoms with Gasteiger partial charge in [0.1, 0.15) is 5.75 Å². The van der Waals surface area contributed by atoms with E-state index in [0.29, 0.717) is 0 Å².